The molecular weight excluding hydrogens is 759 g/mol. The maximum atomic E-state index is 14.0. The lowest BCUT2D eigenvalue weighted by atomic mass is 9.85. The smallest absolute Gasteiger partial charge is 0.341 e. The summed E-state index contributed by atoms with van der Waals surface area (Å²) in [6.07, 6.45) is 5.54. The first kappa shape index (κ1) is 43.1. The molecule has 2 aliphatic rings. The molecular formula is C47H55N7O6. The van der Waals surface area contributed by atoms with E-state index >= 15 is 0 Å². The number of para-hydroxylation sites is 2. The van der Waals surface area contributed by atoms with E-state index in [-0.39, 0.29) is 41.0 Å². The van der Waals surface area contributed by atoms with Crippen LogP contribution in [0.3, 0.4) is 0 Å². The summed E-state index contributed by atoms with van der Waals surface area (Å²) < 4.78 is 10.7. The van der Waals surface area contributed by atoms with Gasteiger partial charge in [0.2, 0.25) is 11.8 Å². The van der Waals surface area contributed by atoms with Gasteiger partial charge in [-0.25, -0.2) is 14.6 Å². The Hall–Kier alpha value is -6.50. The third-order valence-corrected chi connectivity index (χ3v) is 11.7. The number of hydrogen-bond donors (Lipinski definition) is 5. The molecule has 3 aromatic heterocycles. The monoisotopic (exact) mass is 813 g/mol. The number of nitrogen functional groups attached to an aromatic ring is 1. The molecule has 0 saturated heterocycles. The van der Waals surface area contributed by atoms with Gasteiger partial charge in [0, 0.05) is 64.5 Å². The molecule has 8 bridgehead atoms. The fraction of sp³-hybridized carbons (Fsp3) is 0.362. The molecule has 314 valence electrons. The number of H-pyrrole nitrogens is 2. The summed E-state index contributed by atoms with van der Waals surface area (Å²) in [5, 5.41) is 5.86. The first-order chi connectivity index (χ1) is 28.8. The fourth-order valence-corrected chi connectivity index (χ4v) is 8.24. The third-order valence-electron chi connectivity index (χ3n) is 11.7. The molecule has 0 unspecified atom stereocenters. The molecule has 6 rings (SSSR count). The second kappa shape index (κ2) is 18.6. The number of nitrogens with one attached hydrogen (secondary N) is 4. The summed E-state index contributed by atoms with van der Waals surface area (Å²) in [6, 6.07) is 13.1. The Balaban J connectivity index is 1.36. The minimum absolute atomic E-state index is 0.0514. The average Bonchev–Trinajstić information content (AvgIpc) is 3.91. The molecule has 60 heavy (non-hydrogen) atoms. The van der Waals surface area contributed by atoms with Crippen LogP contribution >= 0.6 is 0 Å². The number of nitrogens with zero attached hydrogens (tertiary/aromatic N) is 2. The highest BCUT2D eigenvalue weighted by molar-refractivity contribution is 6.26. The molecule has 0 fully saturated rings. The SMILES string of the molecule is C=Cc1c(C)c2cc3nc(c(C(=O)OC)c4nc(cc5[nH]c(cc1[nH]2)c(C)c5CC)C(C)=C4C(=O)OC)[C@@H](CCC(=O)NCCCCCC(=O)Nc1ccccc1N)[C@@H]3C. The lowest BCUT2D eigenvalue weighted by Gasteiger charge is -2.18. The lowest BCUT2D eigenvalue weighted by Crippen LogP contribution is -2.25. The van der Waals surface area contributed by atoms with Gasteiger partial charge in [-0.15, -0.1) is 0 Å². The van der Waals surface area contributed by atoms with Gasteiger partial charge < -0.3 is 35.8 Å². The van der Waals surface area contributed by atoms with Crippen LogP contribution in [0.1, 0.15) is 127 Å². The number of benzene rings is 1. The third kappa shape index (κ3) is 8.75. The van der Waals surface area contributed by atoms with E-state index < -0.39 is 17.9 Å². The van der Waals surface area contributed by atoms with Crippen molar-refractivity contribution < 1.29 is 28.7 Å². The summed E-state index contributed by atoms with van der Waals surface area (Å²) >= 11 is 0. The lowest BCUT2D eigenvalue weighted by molar-refractivity contribution is -0.133. The number of rotatable bonds is 14. The van der Waals surface area contributed by atoms with E-state index in [1.54, 1.807) is 19.1 Å². The van der Waals surface area contributed by atoms with Gasteiger partial charge in [0.05, 0.1) is 48.2 Å². The number of nitrogens with two attached hydrogens (primary N) is 1. The minimum atomic E-state index is -0.706. The van der Waals surface area contributed by atoms with E-state index in [1.165, 1.54) is 14.2 Å². The van der Waals surface area contributed by atoms with Crippen molar-refractivity contribution in [2.45, 2.75) is 91.4 Å². The fourth-order valence-electron chi connectivity index (χ4n) is 8.24. The minimum Gasteiger partial charge on any atom is -0.465 e. The van der Waals surface area contributed by atoms with E-state index in [0.717, 1.165) is 57.2 Å². The molecule has 2 amide bonds. The van der Waals surface area contributed by atoms with Gasteiger partial charge in [0.15, 0.2) is 0 Å². The largest absolute Gasteiger partial charge is 0.465 e. The Morgan fingerprint density at radius 3 is 2.28 bits per heavy atom. The van der Waals surface area contributed by atoms with Gasteiger partial charge in [-0.2, -0.15) is 0 Å². The van der Waals surface area contributed by atoms with Crippen molar-refractivity contribution in [2.24, 2.45) is 0 Å². The number of aryl methyl sites for hydroxylation is 3. The second-order valence-corrected chi connectivity index (χ2v) is 15.4. The predicted molar refractivity (Wildman–Crippen MR) is 237 cm³/mol. The highest BCUT2D eigenvalue weighted by Gasteiger charge is 2.38. The molecule has 6 N–H and O–H groups in total. The molecule has 13 nitrogen and oxygen atoms in total. The van der Waals surface area contributed by atoms with Crippen molar-refractivity contribution in [3.8, 4) is 0 Å². The second-order valence-electron chi connectivity index (χ2n) is 15.4. The summed E-state index contributed by atoms with van der Waals surface area (Å²) in [5.41, 5.74) is 17.0. The zero-order chi connectivity index (χ0) is 43.2. The van der Waals surface area contributed by atoms with Crippen LogP contribution in [0.2, 0.25) is 0 Å². The summed E-state index contributed by atoms with van der Waals surface area (Å²) in [7, 11) is 2.58. The van der Waals surface area contributed by atoms with Gasteiger partial charge >= 0.3 is 11.9 Å². The van der Waals surface area contributed by atoms with Crippen LogP contribution < -0.4 is 16.4 Å². The van der Waals surface area contributed by atoms with E-state index in [2.05, 4.69) is 47.1 Å². The Kier molecular flexibility index (Phi) is 13.4. The van der Waals surface area contributed by atoms with Crippen LogP contribution in [-0.2, 0) is 30.3 Å². The Morgan fingerprint density at radius 2 is 1.58 bits per heavy atom. The predicted octanol–water partition coefficient (Wildman–Crippen LogP) is 8.59. The van der Waals surface area contributed by atoms with Crippen molar-refractivity contribution in [3.05, 3.63) is 99.6 Å². The van der Waals surface area contributed by atoms with Crippen LogP contribution in [0.5, 0.6) is 0 Å². The molecule has 0 spiro atoms. The number of amides is 2. The van der Waals surface area contributed by atoms with Crippen molar-refractivity contribution in [3.63, 3.8) is 0 Å². The van der Waals surface area contributed by atoms with Crippen LogP contribution in [0, 0.1) is 13.8 Å². The highest BCUT2D eigenvalue weighted by Crippen LogP contribution is 2.44. The number of anilines is 2. The number of ether oxygens (including phenoxy) is 2. The Labute approximate surface area is 350 Å². The van der Waals surface area contributed by atoms with E-state index in [1.807, 2.05) is 44.2 Å². The molecule has 2 aliphatic heterocycles. The first-order valence-electron chi connectivity index (χ1n) is 20.5. The van der Waals surface area contributed by atoms with Crippen molar-refractivity contribution in [1.29, 1.82) is 0 Å². The summed E-state index contributed by atoms with van der Waals surface area (Å²) in [6.45, 7) is 14.6. The van der Waals surface area contributed by atoms with Crippen LogP contribution in [0.4, 0.5) is 11.4 Å². The number of esters is 2. The number of carbonyl (C=O) groups is 4. The number of carbonyl (C=O) groups excluding carboxylic acids is 4. The molecule has 0 radical (unpaired) electrons. The average molecular weight is 814 g/mol. The number of fused-ring (bicyclic) bond motifs is 8. The number of methoxy groups -OCH3 is 2. The summed E-state index contributed by atoms with van der Waals surface area (Å²) in [5.74, 6) is -2.27. The van der Waals surface area contributed by atoms with Crippen molar-refractivity contribution in [1.82, 2.24) is 25.3 Å². The van der Waals surface area contributed by atoms with E-state index in [0.29, 0.717) is 66.3 Å². The van der Waals surface area contributed by atoms with Gasteiger partial charge in [-0.05, 0) is 99.0 Å². The zero-order valence-corrected chi connectivity index (χ0v) is 35.6. The van der Waals surface area contributed by atoms with E-state index in [9.17, 15) is 19.2 Å². The zero-order valence-electron chi connectivity index (χ0n) is 35.6. The Morgan fingerprint density at radius 1 is 0.867 bits per heavy atom. The Bertz CT molecular complexity index is 2560. The molecule has 2 atom stereocenters. The van der Waals surface area contributed by atoms with Crippen LogP contribution in [0.15, 0.2) is 49.0 Å². The number of hydrogen-bond acceptors (Lipinski definition) is 9. The van der Waals surface area contributed by atoms with Gasteiger partial charge in [-0.1, -0.05) is 45.1 Å². The van der Waals surface area contributed by atoms with Gasteiger partial charge in [-0.3, -0.25) is 14.6 Å². The van der Waals surface area contributed by atoms with Gasteiger partial charge in [0.1, 0.15) is 5.56 Å². The number of allylic oxidation sites excluding steroid dienone is 1. The molecule has 0 saturated carbocycles. The van der Waals surface area contributed by atoms with E-state index in [4.69, 9.17) is 25.2 Å². The maximum absolute atomic E-state index is 14.0. The molecule has 1 aromatic carbocycles. The van der Waals surface area contributed by atoms with Crippen LogP contribution in [-0.4, -0.2) is 64.5 Å². The molecule has 4 aromatic rings. The molecule has 13 heteroatoms. The molecule has 5 heterocycles. The highest BCUT2D eigenvalue weighted by atomic mass is 16.5. The van der Waals surface area contributed by atoms with Crippen molar-refractivity contribution in [2.75, 3.05) is 31.8 Å². The first-order valence-corrected chi connectivity index (χ1v) is 20.5. The number of unbranched alkanes of at least 4 members (excludes halogenated alkanes) is 2. The molecule has 0 aliphatic carbocycles. The topological polar surface area (TPSA) is 194 Å². The maximum Gasteiger partial charge on any atom is 0.341 e. The van der Waals surface area contributed by atoms with Crippen molar-refractivity contribution >= 4 is 74.4 Å². The standard InChI is InChI=1S/C47H55N7O6/c1-9-29-25(3)34-22-36-27(5)31(19-20-40(55)49-21-15-11-12-18-41(56)52-33-17-14-13-16-32(33)48)44(53-36)43(47(58)60-8)45-42(46(57)59-7)28(6)37(54-45)24-39-30(10-2)26(4)35(51-39)23-38(29)50-34/h9,13-14,16-17,22-24,27,31,50-51H,1,10-12,15,18-21,48H2,2-8H3,(H,49,55)(H,52,56)/t27-,31-/m0/s1. The number of aromatic nitrogens is 4. The summed E-state index contributed by atoms with van der Waals surface area (Å²) in [4.78, 5) is 70.6. The normalized spacial score (nSPS) is 14.8. The van der Waals surface area contributed by atoms with Gasteiger partial charge in [0.25, 0.3) is 0 Å². The number of aromatic amines is 2. The van der Waals surface area contributed by atoms with Crippen LogP contribution in [0.25, 0.3) is 39.3 Å². The quantitative estimate of drug-likeness (QED) is 0.0471.